The number of carboxylic acid groups (broad SMARTS) is 1. The van der Waals surface area contributed by atoms with Crippen molar-refractivity contribution >= 4 is 5.97 Å². The Balaban J connectivity index is 4.35. The van der Waals surface area contributed by atoms with Crippen LogP contribution in [0.3, 0.4) is 0 Å². The van der Waals surface area contributed by atoms with Crippen molar-refractivity contribution in [3.8, 4) is 0 Å². The van der Waals surface area contributed by atoms with Gasteiger partial charge in [0.15, 0.2) is 0 Å². The highest BCUT2D eigenvalue weighted by molar-refractivity contribution is 5.74. The zero-order valence-corrected chi connectivity index (χ0v) is 8.78. The van der Waals surface area contributed by atoms with Crippen LogP contribution in [0.4, 0.5) is 0 Å². The van der Waals surface area contributed by atoms with Crippen molar-refractivity contribution in [2.24, 2.45) is 11.1 Å². The van der Waals surface area contributed by atoms with E-state index in [1.165, 1.54) is 0 Å². The Morgan fingerprint density at radius 2 is 1.71 bits per heavy atom. The molecule has 0 atom stereocenters. The minimum absolute atomic E-state index is 0.106. The van der Waals surface area contributed by atoms with E-state index in [9.17, 15) is 4.79 Å². The molecular formula is C9H19NO4. The van der Waals surface area contributed by atoms with Crippen LogP contribution >= 0.6 is 0 Å². The SMILES string of the molecule is COCCC(CN)(CCOC)C(=O)O. The minimum atomic E-state index is -0.911. The molecule has 5 heteroatoms. The average Bonchev–Trinajstić information content (AvgIpc) is 2.18. The van der Waals surface area contributed by atoms with Crippen LogP contribution < -0.4 is 5.73 Å². The smallest absolute Gasteiger partial charge is 0.311 e. The van der Waals surface area contributed by atoms with E-state index >= 15 is 0 Å². The monoisotopic (exact) mass is 205 g/mol. The molecule has 0 fully saturated rings. The molecule has 0 bridgehead atoms. The largest absolute Gasteiger partial charge is 0.481 e. The molecular weight excluding hydrogens is 186 g/mol. The number of methoxy groups -OCH3 is 2. The second kappa shape index (κ2) is 6.75. The second-order valence-corrected chi connectivity index (χ2v) is 3.28. The predicted molar refractivity (Wildman–Crippen MR) is 52.1 cm³/mol. The van der Waals surface area contributed by atoms with Gasteiger partial charge in [-0.25, -0.2) is 0 Å². The number of carboxylic acids is 1. The Hall–Kier alpha value is -0.650. The number of ether oxygens (including phenoxy) is 2. The van der Waals surface area contributed by atoms with Crippen molar-refractivity contribution in [3.05, 3.63) is 0 Å². The summed E-state index contributed by atoms with van der Waals surface area (Å²) < 4.78 is 9.74. The third-order valence-electron chi connectivity index (χ3n) is 2.41. The highest BCUT2D eigenvalue weighted by Gasteiger charge is 2.36. The average molecular weight is 205 g/mol. The highest BCUT2D eigenvalue weighted by Crippen LogP contribution is 2.25. The van der Waals surface area contributed by atoms with E-state index < -0.39 is 11.4 Å². The lowest BCUT2D eigenvalue weighted by Gasteiger charge is -2.27. The van der Waals surface area contributed by atoms with E-state index in [1.807, 2.05) is 0 Å². The number of aliphatic carboxylic acids is 1. The molecule has 84 valence electrons. The summed E-state index contributed by atoms with van der Waals surface area (Å²) >= 11 is 0. The van der Waals surface area contributed by atoms with Gasteiger partial charge in [0.2, 0.25) is 0 Å². The van der Waals surface area contributed by atoms with Gasteiger partial charge in [0.25, 0.3) is 0 Å². The van der Waals surface area contributed by atoms with Crippen LogP contribution in [-0.2, 0) is 14.3 Å². The van der Waals surface area contributed by atoms with Crippen molar-refractivity contribution in [3.63, 3.8) is 0 Å². The fraction of sp³-hybridized carbons (Fsp3) is 0.889. The van der Waals surface area contributed by atoms with Crippen LogP contribution in [0.2, 0.25) is 0 Å². The third kappa shape index (κ3) is 3.61. The van der Waals surface area contributed by atoms with E-state index in [-0.39, 0.29) is 6.54 Å². The molecule has 0 saturated carbocycles. The van der Waals surface area contributed by atoms with Gasteiger partial charge in [-0.15, -0.1) is 0 Å². The topological polar surface area (TPSA) is 81.8 Å². The lowest BCUT2D eigenvalue weighted by Crippen LogP contribution is -2.40. The molecule has 0 unspecified atom stereocenters. The molecule has 0 spiro atoms. The first-order valence-electron chi connectivity index (χ1n) is 4.54. The number of hydrogen-bond acceptors (Lipinski definition) is 4. The van der Waals surface area contributed by atoms with Crippen LogP contribution in [0.5, 0.6) is 0 Å². The first-order valence-corrected chi connectivity index (χ1v) is 4.54. The Labute approximate surface area is 84.2 Å². The number of hydrogen-bond donors (Lipinski definition) is 2. The van der Waals surface area contributed by atoms with Gasteiger partial charge < -0.3 is 20.3 Å². The summed E-state index contributed by atoms with van der Waals surface area (Å²) in [5.41, 5.74) is 4.59. The quantitative estimate of drug-likeness (QED) is 0.587. The molecule has 14 heavy (non-hydrogen) atoms. The molecule has 0 radical (unpaired) electrons. The Kier molecular flexibility index (Phi) is 6.44. The zero-order valence-electron chi connectivity index (χ0n) is 8.78. The number of carbonyl (C=O) groups is 1. The highest BCUT2D eigenvalue weighted by atomic mass is 16.5. The molecule has 0 amide bonds. The molecule has 0 saturated heterocycles. The van der Waals surface area contributed by atoms with Crippen molar-refractivity contribution < 1.29 is 19.4 Å². The standard InChI is InChI=1S/C9H19NO4/c1-13-5-3-9(7-10,8(11)12)4-6-14-2/h3-7,10H2,1-2H3,(H,11,12). The Bertz CT molecular complexity index is 164. The maximum atomic E-state index is 11.1. The normalized spacial score (nSPS) is 11.6. The molecule has 0 aliphatic rings. The van der Waals surface area contributed by atoms with Crippen molar-refractivity contribution in [2.45, 2.75) is 12.8 Å². The van der Waals surface area contributed by atoms with E-state index in [1.54, 1.807) is 14.2 Å². The lowest BCUT2D eigenvalue weighted by molar-refractivity contribution is -0.150. The van der Waals surface area contributed by atoms with Gasteiger partial charge in [-0.1, -0.05) is 0 Å². The summed E-state index contributed by atoms with van der Waals surface area (Å²) in [6, 6.07) is 0. The summed E-state index contributed by atoms with van der Waals surface area (Å²) in [5, 5.41) is 9.09. The van der Waals surface area contributed by atoms with E-state index in [0.717, 1.165) is 0 Å². The van der Waals surface area contributed by atoms with Crippen LogP contribution in [0, 0.1) is 5.41 Å². The second-order valence-electron chi connectivity index (χ2n) is 3.28. The zero-order chi connectivity index (χ0) is 11.0. The van der Waals surface area contributed by atoms with Gasteiger partial charge in [-0.3, -0.25) is 4.79 Å². The Morgan fingerprint density at radius 3 is 1.93 bits per heavy atom. The van der Waals surface area contributed by atoms with Crippen LogP contribution in [0.25, 0.3) is 0 Å². The maximum absolute atomic E-state index is 11.1. The van der Waals surface area contributed by atoms with Gasteiger partial charge in [0.05, 0.1) is 5.41 Å². The molecule has 0 aromatic carbocycles. The molecule has 0 aliphatic carbocycles. The predicted octanol–water partition coefficient (Wildman–Crippen LogP) is 0.0891. The lowest BCUT2D eigenvalue weighted by atomic mass is 9.82. The summed E-state index contributed by atoms with van der Waals surface area (Å²) in [4.78, 5) is 11.1. The number of nitrogens with two attached hydrogens (primary N) is 1. The molecule has 0 aromatic rings. The van der Waals surface area contributed by atoms with Gasteiger partial charge in [0.1, 0.15) is 0 Å². The van der Waals surface area contributed by atoms with Gasteiger partial charge in [-0.2, -0.15) is 0 Å². The summed E-state index contributed by atoms with van der Waals surface area (Å²) in [6.07, 6.45) is 0.831. The van der Waals surface area contributed by atoms with Gasteiger partial charge in [-0.05, 0) is 12.8 Å². The van der Waals surface area contributed by atoms with Gasteiger partial charge in [0, 0.05) is 34.0 Å². The number of rotatable bonds is 8. The molecule has 0 aliphatic heterocycles. The van der Waals surface area contributed by atoms with E-state index in [2.05, 4.69) is 0 Å². The summed E-state index contributed by atoms with van der Waals surface area (Å²) in [7, 11) is 3.08. The van der Waals surface area contributed by atoms with Crippen molar-refractivity contribution in [1.29, 1.82) is 0 Å². The first kappa shape index (κ1) is 13.4. The summed E-state index contributed by atoms with van der Waals surface area (Å²) in [5.74, 6) is -0.880. The van der Waals surface area contributed by atoms with Crippen LogP contribution in [-0.4, -0.2) is 45.1 Å². The molecule has 5 nitrogen and oxygen atoms in total. The minimum Gasteiger partial charge on any atom is -0.481 e. The van der Waals surface area contributed by atoms with E-state index in [4.69, 9.17) is 20.3 Å². The first-order chi connectivity index (χ1) is 6.63. The van der Waals surface area contributed by atoms with Crippen LogP contribution in [0.1, 0.15) is 12.8 Å². The molecule has 0 heterocycles. The van der Waals surface area contributed by atoms with Crippen molar-refractivity contribution in [1.82, 2.24) is 0 Å². The van der Waals surface area contributed by atoms with E-state index in [0.29, 0.717) is 26.1 Å². The Morgan fingerprint density at radius 1 is 1.29 bits per heavy atom. The maximum Gasteiger partial charge on any atom is 0.311 e. The summed E-state index contributed by atoms with van der Waals surface area (Å²) in [6.45, 7) is 0.898. The van der Waals surface area contributed by atoms with Crippen molar-refractivity contribution in [2.75, 3.05) is 34.0 Å². The fourth-order valence-electron chi connectivity index (χ4n) is 1.23. The van der Waals surface area contributed by atoms with Crippen LogP contribution in [0.15, 0.2) is 0 Å². The molecule has 0 aromatic heterocycles. The van der Waals surface area contributed by atoms with Gasteiger partial charge >= 0.3 is 5.97 Å². The fourth-order valence-corrected chi connectivity index (χ4v) is 1.23. The third-order valence-corrected chi connectivity index (χ3v) is 2.41. The molecule has 0 rings (SSSR count). The molecule has 3 N–H and O–H groups in total.